The van der Waals surface area contributed by atoms with Gasteiger partial charge in [-0.2, -0.15) is 5.10 Å². The lowest BCUT2D eigenvalue weighted by Gasteiger charge is -2.21. The summed E-state index contributed by atoms with van der Waals surface area (Å²) in [5.74, 6) is 1.11. The Balaban J connectivity index is 0.00000264. The maximum atomic E-state index is 5.93. The molecule has 2 aromatic rings. The molecule has 23 heavy (non-hydrogen) atoms. The van der Waals surface area contributed by atoms with Gasteiger partial charge in [0.05, 0.1) is 24.0 Å². The van der Waals surface area contributed by atoms with Gasteiger partial charge in [-0.1, -0.05) is 17.7 Å². The van der Waals surface area contributed by atoms with Crippen LogP contribution >= 0.6 is 35.6 Å². The first-order valence-electron chi connectivity index (χ1n) is 7.00. The molecule has 0 atom stereocenters. The minimum Gasteiger partial charge on any atom is -0.370 e. The minimum absolute atomic E-state index is 0. The van der Waals surface area contributed by atoms with Crippen molar-refractivity contribution in [2.45, 2.75) is 39.8 Å². The first-order valence-corrected chi connectivity index (χ1v) is 7.37. The highest BCUT2D eigenvalue weighted by atomic mass is 127. The van der Waals surface area contributed by atoms with Gasteiger partial charge in [0.15, 0.2) is 11.8 Å². The molecule has 3 N–H and O–H groups in total. The van der Waals surface area contributed by atoms with Crippen molar-refractivity contribution in [2.75, 3.05) is 0 Å². The van der Waals surface area contributed by atoms with Gasteiger partial charge < -0.3 is 11.1 Å². The van der Waals surface area contributed by atoms with Crippen molar-refractivity contribution >= 4 is 41.5 Å². The van der Waals surface area contributed by atoms with E-state index in [-0.39, 0.29) is 29.5 Å². The molecule has 0 amide bonds. The average molecular weight is 449 g/mol. The summed E-state index contributed by atoms with van der Waals surface area (Å²) in [6, 6.07) is 3.91. The summed E-state index contributed by atoms with van der Waals surface area (Å²) < 4.78 is 1.65. The van der Waals surface area contributed by atoms with E-state index in [0.717, 1.165) is 11.3 Å². The molecule has 0 saturated carbocycles. The van der Waals surface area contributed by atoms with E-state index in [0.29, 0.717) is 23.3 Å². The summed E-state index contributed by atoms with van der Waals surface area (Å²) in [4.78, 5) is 8.89. The molecule has 0 bridgehead atoms. The summed E-state index contributed by atoms with van der Waals surface area (Å²) in [7, 11) is 0. The molecule has 2 heterocycles. The van der Waals surface area contributed by atoms with Gasteiger partial charge in [0.2, 0.25) is 0 Å². The number of aromatic nitrogens is 3. The van der Waals surface area contributed by atoms with E-state index >= 15 is 0 Å². The van der Waals surface area contributed by atoms with Gasteiger partial charge in [0.1, 0.15) is 0 Å². The van der Waals surface area contributed by atoms with Gasteiger partial charge in [-0.25, -0.2) is 14.7 Å². The van der Waals surface area contributed by atoms with E-state index in [1.54, 1.807) is 17.1 Å². The fourth-order valence-corrected chi connectivity index (χ4v) is 2.04. The molecule has 2 rings (SSSR count). The lowest BCUT2D eigenvalue weighted by atomic mass is 10.1. The van der Waals surface area contributed by atoms with Crippen molar-refractivity contribution < 1.29 is 0 Å². The molecule has 8 heteroatoms. The topological polar surface area (TPSA) is 81.1 Å². The third-order valence-corrected chi connectivity index (χ3v) is 2.98. The quantitative estimate of drug-likeness (QED) is 0.430. The van der Waals surface area contributed by atoms with E-state index in [9.17, 15) is 0 Å². The Morgan fingerprint density at radius 1 is 1.39 bits per heavy atom. The molecule has 6 nitrogen and oxygen atoms in total. The molecule has 0 aromatic carbocycles. The number of halogens is 2. The molecule has 0 saturated heterocycles. The monoisotopic (exact) mass is 448 g/mol. The number of pyridine rings is 1. The Morgan fingerprint density at radius 3 is 2.65 bits per heavy atom. The number of nitrogens with zero attached hydrogens (tertiary/aromatic N) is 4. The van der Waals surface area contributed by atoms with Gasteiger partial charge in [-0.3, -0.25) is 0 Å². The van der Waals surface area contributed by atoms with Crippen molar-refractivity contribution in [1.82, 2.24) is 20.1 Å². The van der Waals surface area contributed by atoms with Crippen LogP contribution in [0, 0.1) is 6.92 Å². The van der Waals surface area contributed by atoms with Crippen molar-refractivity contribution in [1.29, 1.82) is 0 Å². The average Bonchev–Trinajstić information content (AvgIpc) is 2.82. The van der Waals surface area contributed by atoms with E-state index in [1.165, 1.54) is 0 Å². The van der Waals surface area contributed by atoms with Crippen LogP contribution in [-0.2, 0) is 6.54 Å². The predicted octanol–water partition coefficient (Wildman–Crippen LogP) is 3.05. The van der Waals surface area contributed by atoms with Gasteiger partial charge in [-0.15, -0.1) is 24.0 Å². The minimum atomic E-state index is -0.128. The lowest BCUT2D eigenvalue weighted by Crippen LogP contribution is -2.45. The van der Waals surface area contributed by atoms with E-state index in [4.69, 9.17) is 17.3 Å². The number of hydrogen-bond acceptors (Lipinski definition) is 3. The zero-order valence-corrected chi connectivity index (χ0v) is 16.8. The van der Waals surface area contributed by atoms with Gasteiger partial charge in [0.25, 0.3) is 0 Å². The summed E-state index contributed by atoms with van der Waals surface area (Å²) in [6.45, 7) is 8.42. The zero-order chi connectivity index (χ0) is 16.3. The van der Waals surface area contributed by atoms with Crippen LogP contribution in [0.2, 0.25) is 5.02 Å². The SMILES string of the molecule is Cc1ccc(CN=C(N)NC(C)(C)C)c(-n2cc(Cl)cn2)n1.I. The zero-order valence-electron chi connectivity index (χ0n) is 13.7. The molecule has 0 aliphatic carbocycles. The molecule has 0 unspecified atom stereocenters. The summed E-state index contributed by atoms with van der Waals surface area (Å²) in [5.41, 5.74) is 7.60. The van der Waals surface area contributed by atoms with Crippen LogP contribution in [0.15, 0.2) is 29.5 Å². The van der Waals surface area contributed by atoms with E-state index < -0.39 is 0 Å². The normalized spacial score (nSPS) is 12.0. The van der Waals surface area contributed by atoms with Crippen molar-refractivity contribution in [3.05, 3.63) is 40.8 Å². The second-order valence-electron chi connectivity index (χ2n) is 6.11. The molecular weight excluding hydrogens is 427 g/mol. The predicted molar refractivity (Wildman–Crippen MR) is 105 cm³/mol. The third kappa shape index (κ3) is 5.98. The molecule has 0 aliphatic heterocycles. The van der Waals surface area contributed by atoms with Crippen LogP contribution in [0.3, 0.4) is 0 Å². The number of rotatable bonds is 3. The van der Waals surface area contributed by atoms with E-state index in [2.05, 4.69) is 20.4 Å². The van der Waals surface area contributed by atoms with Crippen molar-refractivity contribution in [3.8, 4) is 5.82 Å². The fourth-order valence-electron chi connectivity index (χ4n) is 1.90. The van der Waals surface area contributed by atoms with Crippen LogP contribution in [0.1, 0.15) is 32.0 Å². The van der Waals surface area contributed by atoms with Crippen LogP contribution in [0.5, 0.6) is 0 Å². The summed E-state index contributed by atoms with van der Waals surface area (Å²) in [6.07, 6.45) is 3.29. The number of aryl methyl sites for hydroxylation is 1. The second-order valence-corrected chi connectivity index (χ2v) is 6.55. The first kappa shape index (κ1) is 19.7. The van der Waals surface area contributed by atoms with Crippen LogP contribution in [-0.4, -0.2) is 26.3 Å². The Hall–Kier alpha value is -1.35. The highest BCUT2D eigenvalue weighted by Gasteiger charge is 2.11. The second kappa shape index (κ2) is 7.96. The number of hydrogen-bond donors (Lipinski definition) is 2. The van der Waals surface area contributed by atoms with Gasteiger partial charge in [-0.05, 0) is 33.8 Å². The maximum Gasteiger partial charge on any atom is 0.189 e. The highest BCUT2D eigenvalue weighted by molar-refractivity contribution is 14.0. The Kier molecular flexibility index (Phi) is 6.82. The Labute approximate surface area is 158 Å². The molecule has 126 valence electrons. The number of nitrogens with two attached hydrogens (primary N) is 1. The van der Waals surface area contributed by atoms with Gasteiger partial charge in [0, 0.05) is 16.8 Å². The fraction of sp³-hybridized carbons (Fsp3) is 0.400. The first-order chi connectivity index (χ1) is 10.2. The molecule has 0 spiro atoms. The number of aliphatic imine (C=N–C) groups is 1. The smallest absolute Gasteiger partial charge is 0.189 e. The van der Waals surface area contributed by atoms with Crippen LogP contribution in [0.25, 0.3) is 5.82 Å². The molecule has 0 aliphatic rings. The molecule has 0 radical (unpaired) electrons. The summed E-state index contributed by atoms with van der Waals surface area (Å²) >= 11 is 5.93. The Morgan fingerprint density at radius 2 is 2.09 bits per heavy atom. The number of nitrogens with one attached hydrogen (secondary N) is 1. The lowest BCUT2D eigenvalue weighted by molar-refractivity contribution is 0.508. The van der Waals surface area contributed by atoms with Crippen molar-refractivity contribution in [2.24, 2.45) is 10.7 Å². The number of guanidine groups is 1. The van der Waals surface area contributed by atoms with Crippen molar-refractivity contribution in [3.63, 3.8) is 0 Å². The van der Waals surface area contributed by atoms with Crippen LogP contribution in [0.4, 0.5) is 0 Å². The summed E-state index contributed by atoms with van der Waals surface area (Å²) in [5, 5.41) is 7.89. The van der Waals surface area contributed by atoms with E-state index in [1.807, 2.05) is 39.8 Å². The molecular formula is C15H22ClIN6. The molecule has 0 fully saturated rings. The van der Waals surface area contributed by atoms with Crippen LogP contribution < -0.4 is 11.1 Å². The largest absolute Gasteiger partial charge is 0.370 e. The maximum absolute atomic E-state index is 5.93. The highest BCUT2D eigenvalue weighted by Crippen LogP contribution is 2.16. The third-order valence-electron chi connectivity index (χ3n) is 2.79. The molecule has 2 aromatic heterocycles. The Bertz CT molecular complexity index is 690. The standard InChI is InChI=1S/C15H21ClN6.HI/c1-10-5-6-11(7-18-14(17)21-15(2,3)4)13(20-10)22-9-12(16)8-19-22;/h5-6,8-9H,7H2,1-4H3,(H3,17,18,21);1H. The van der Waals surface area contributed by atoms with Gasteiger partial charge >= 0.3 is 0 Å².